The van der Waals surface area contributed by atoms with E-state index in [2.05, 4.69) is 22.5 Å². The van der Waals surface area contributed by atoms with Gasteiger partial charge in [-0.15, -0.1) is 11.3 Å². The molecule has 1 aromatic heterocycles. The highest BCUT2D eigenvalue weighted by atomic mass is 32.1. The number of halogens is 5. The van der Waals surface area contributed by atoms with Crippen LogP contribution >= 0.6 is 11.3 Å². The van der Waals surface area contributed by atoms with Crippen LogP contribution in [-0.4, -0.2) is 121 Å². The average molecular weight is 727 g/mol. The highest BCUT2D eigenvalue weighted by Gasteiger charge is 2.33. The molecule has 3 unspecified atom stereocenters. The van der Waals surface area contributed by atoms with Gasteiger partial charge in [0, 0.05) is 59.1 Å². The molecule has 3 atom stereocenters. The van der Waals surface area contributed by atoms with Gasteiger partial charge in [0.15, 0.2) is 0 Å². The molecule has 15 heteroatoms. The summed E-state index contributed by atoms with van der Waals surface area (Å²) in [5.74, 6) is 5.75. The fourth-order valence-electron chi connectivity index (χ4n) is 6.15. The van der Waals surface area contributed by atoms with Crippen molar-refractivity contribution in [2.45, 2.75) is 37.3 Å². The number of hydrogen-bond donors (Lipinski definition) is 3. The number of β-amino-alcohol motifs (C(OH)–C–C–N with tert-alkyl or cyclic N) is 1. The van der Waals surface area contributed by atoms with Crippen LogP contribution in [0.15, 0.2) is 30.3 Å². The van der Waals surface area contributed by atoms with Crippen molar-refractivity contribution >= 4 is 38.5 Å². The van der Waals surface area contributed by atoms with E-state index in [1.807, 2.05) is 9.80 Å². The highest BCUT2D eigenvalue weighted by molar-refractivity contribution is 7.20. The lowest BCUT2D eigenvalue weighted by atomic mass is 10.0. The van der Waals surface area contributed by atoms with E-state index in [4.69, 9.17) is 18.9 Å². The van der Waals surface area contributed by atoms with Crippen LogP contribution < -0.4 is 20.3 Å². The number of thiophene rings is 1. The van der Waals surface area contributed by atoms with Crippen molar-refractivity contribution in [1.82, 2.24) is 4.90 Å². The van der Waals surface area contributed by atoms with E-state index in [9.17, 15) is 18.3 Å². The first-order chi connectivity index (χ1) is 24.1. The van der Waals surface area contributed by atoms with Crippen LogP contribution in [0.5, 0.6) is 5.75 Å². The van der Waals surface area contributed by atoms with Crippen LogP contribution in [-0.2, 0) is 20.6 Å². The van der Waals surface area contributed by atoms with Crippen molar-refractivity contribution in [2.24, 2.45) is 0 Å². The first kappa shape index (κ1) is 37.9. The number of nitrogens with zero attached hydrogens (tertiary/aromatic N) is 2. The second kappa shape index (κ2) is 17.7. The molecule has 0 aliphatic carbocycles. The zero-order valence-electron chi connectivity index (χ0n) is 28.1. The van der Waals surface area contributed by atoms with E-state index in [-0.39, 0.29) is 43.3 Å². The number of morpholine rings is 1. The van der Waals surface area contributed by atoms with Crippen LogP contribution in [0.2, 0.25) is 0 Å². The second-order valence-corrected chi connectivity index (χ2v) is 13.2. The minimum atomic E-state index is -4.48. The monoisotopic (exact) mass is 726 g/mol. The predicted molar refractivity (Wildman–Crippen MR) is 185 cm³/mol. The summed E-state index contributed by atoms with van der Waals surface area (Å²) in [5, 5.41) is 16.7. The topological polar surface area (TPSA) is 87.7 Å². The third-order valence-corrected chi connectivity index (χ3v) is 9.70. The molecule has 2 aliphatic heterocycles. The maximum absolute atomic E-state index is 15.3. The van der Waals surface area contributed by atoms with Crippen molar-refractivity contribution in [3.05, 3.63) is 46.6 Å². The molecule has 2 fully saturated rings. The third kappa shape index (κ3) is 10.1. The zero-order valence-corrected chi connectivity index (χ0v) is 28.9. The lowest BCUT2D eigenvalue weighted by molar-refractivity contribution is -0.126. The minimum absolute atomic E-state index is 0.00295. The number of methoxy groups -OCH3 is 2. The molecule has 3 heterocycles. The highest BCUT2D eigenvalue weighted by Crippen LogP contribution is 2.40. The van der Waals surface area contributed by atoms with Gasteiger partial charge in [0.1, 0.15) is 24.3 Å². The van der Waals surface area contributed by atoms with Gasteiger partial charge in [-0.05, 0) is 23.4 Å². The van der Waals surface area contributed by atoms with Gasteiger partial charge in [-0.2, -0.15) is 13.2 Å². The van der Waals surface area contributed by atoms with Gasteiger partial charge in [0.25, 0.3) is 0 Å². The Hall–Kier alpha value is -3.39. The molecule has 2 aliphatic rings. The summed E-state index contributed by atoms with van der Waals surface area (Å²) in [4.78, 5) is 3.96. The van der Waals surface area contributed by atoms with E-state index >= 15 is 8.78 Å². The molecule has 50 heavy (non-hydrogen) atoms. The number of ether oxygens (including phenoxy) is 4. The summed E-state index contributed by atoms with van der Waals surface area (Å²) in [6.07, 6.45) is -7.19. The smallest absolute Gasteiger partial charge is 0.393 e. The van der Waals surface area contributed by atoms with E-state index in [0.717, 1.165) is 11.3 Å². The van der Waals surface area contributed by atoms with Gasteiger partial charge in [-0.3, -0.25) is 4.90 Å². The Balaban J connectivity index is 1.34. The molecular formula is C35H43F5N4O5S. The molecule has 2 saturated heterocycles. The molecule has 0 spiro atoms. The Morgan fingerprint density at radius 3 is 2.62 bits per heavy atom. The van der Waals surface area contributed by atoms with Gasteiger partial charge in [-0.1, -0.05) is 24.0 Å². The first-order valence-electron chi connectivity index (χ1n) is 16.5. The molecule has 274 valence electrons. The van der Waals surface area contributed by atoms with Crippen LogP contribution in [0.25, 0.3) is 10.1 Å². The number of alkyl halides is 4. The molecule has 9 nitrogen and oxygen atoms in total. The summed E-state index contributed by atoms with van der Waals surface area (Å²) in [7, 11) is 3.03. The van der Waals surface area contributed by atoms with Crippen LogP contribution in [0.1, 0.15) is 16.9 Å². The number of likely N-dealkylation sites (tertiary alicyclic amines) is 1. The maximum Gasteiger partial charge on any atom is 0.393 e. The van der Waals surface area contributed by atoms with Crippen LogP contribution in [0.4, 0.5) is 39.0 Å². The predicted octanol–water partition coefficient (Wildman–Crippen LogP) is 5.30. The van der Waals surface area contributed by atoms with Crippen molar-refractivity contribution < 1.29 is 46.0 Å². The maximum atomic E-state index is 15.3. The van der Waals surface area contributed by atoms with Crippen LogP contribution in [0.3, 0.4) is 0 Å². The number of anilines is 3. The second-order valence-electron chi connectivity index (χ2n) is 12.2. The lowest BCUT2D eigenvalue weighted by Gasteiger charge is -2.36. The summed E-state index contributed by atoms with van der Waals surface area (Å²) in [6.45, 7) is 3.68. The van der Waals surface area contributed by atoms with Crippen molar-refractivity contribution in [1.29, 1.82) is 0 Å². The number of nitrogens with one attached hydrogen (secondary N) is 2. The van der Waals surface area contributed by atoms with Gasteiger partial charge in [0.2, 0.25) is 0 Å². The summed E-state index contributed by atoms with van der Waals surface area (Å²) >= 11 is 1.12. The molecular weight excluding hydrogens is 683 g/mol. The number of piperidine rings is 1. The van der Waals surface area contributed by atoms with Gasteiger partial charge in [0.05, 0.1) is 78.2 Å². The summed E-state index contributed by atoms with van der Waals surface area (Å²) < 4.78 is 93.8. The van der Waals surface area contributed by atoms with Crippen molar-refractivity contribution in [3.8, 4) is 17.6 Å². The Labute approximate surface area is 292 Å². The standard InChI is InChI=1S/C35H43F5N4O5S/c1-46-15-16-49-32-18-31(44-11-13-48-14-12-44)26(36)17-30(32)41-9-4-7-33-25(19-35(38,39)40)24-5-3-6-29(34(24)50-33)42-28-8-10-43(21-27(28)37)20-23(45)22-47-2/h3,5-6,17-18,23,27-28,41-42,45H,8-16,19-22H2,1-2H3. The van der Waals surface area contributed by atoms with Gasteiger partial charge >= 0.3 is 6.18 Å². The number of aliphatic hydroxyl groups is 1. The Kier molecular flexibility index (Phi) is 13.4. The Morgan fingerprint density at radius 1 is 1.10 bits per heavy atom. The Bertz CT molecular complexity index is 1620. The molecule has 0 bridgehead atoms. The van der Waals surface area contributed by atoms with E-state index < -0.39 is 36.7 Å². The van der Waals surface area contributed by atoms with E-state index in [1.54, 1.807) is 31.4 Å². The number of hydrogen-bond acceptors (Lipinski definition) is 10. The lowest BCUT2D eigenvalue weighted by Crippen LogP contribution is -2.50. The van der Waals surface area contributed by atoms with Crippen molar-refractivity contribution in [3.63, 3.8) is 0 Å². The number of fused-ring (bicyclic) bond motifs is 1. The summed E-state index contributed by atoms with van der Waals surface area (Å²) in [5.41, 5.74) is 1.32. The van der Waals surface area contributed by atoms with Crippen molar-refractivity contribution in [2.75, 3.05) is 102 Å². The molecule has 3 N–H and O–H groups in total. The first-order valence-corrected chi connectivity index (χ1v) is 17.3. The molecule has 0 amide bonds. The Morgan fingerprint density at radius 2 is 1.90 bits per heavy atom. The minimum Gasteiger partial charge on any atom is -0.489 e. The molecule has 3 aromatic rings. The zero-order chi connectivity index (χ0) is 35.7. The van der Waals surface area contributed by atoms with E-state index in [0.29, 0.717) is 78.8 Å². The summed E-state index contributed by atoms with van der Waals surface area (Å²) in [6, 6.07) is 7.39. The SMILES string of the molecule is COCCOc1cc(N2CCOCC2)c(F)cc1NCC#Cc1sc2c(NC3CCN(CC(O)COC)CC3F)cccc2c1CC(F)(F)F. The number of benzene rings is 2. The number of aliphatic hydroxyl groups excluding tert-OH is 1. The number of rotatable bonds is 14. The molecule has 2 aromatic carbocycles. The molecule has 5 rings (SSSR count). The van der Waals surface area contributed by atoms with E-state index in [1.165, 1.54) is 13.2 Å². The quantitative estimate of drug-likeness (QED) is 0.116. The third-order valence-electron chi connectivity index (χ3n) is 8.51. The fourth-order valence-corrected chi connectivity index (χ4v) is 7.32. The average Bonchev–Trinajstić information content (AvgIpc) is 3.42. The van der Waals surface area contributed by atoms with Crippen LogP contribution in [0, 0.1) is 17.7 Å². The normalized spacial score (nSPS) is 19.2. The van der Waals surface area contributed by atoms with Gasteiger partial charge in [-0.25, -0.2) is 8.78 Å². The molecule has 0 saturated carbocycles. The fraction of sp³-hybridized carbons (Fsp3) is 0.543. The molecule has 0 radical (unpaired) electrons. The largest absolute Gasteiger partial charge is 0.489 e. The van der Waals surface area contributed by atoms with Gasteiger partial charge < -0.3 is 39.6 Å².